The molecule has 30 heavy (non-hydrogen) atoms. The maximum Gasteiger partial charge on any atom is 0.239 e. The lowest BCUT2D eigenvalue weighted by Crippen LogP contribution is -2.44. The van der Waals surface area contributed by atoms with E-state index in [1.165, 1.54) is 6.07 Å². The van der Waals surface area contributed by atoms with Gasteiger partial charge in [0.2, 0.25) is 5.91 Å². The maximum atomic E-state index is 13.5. The van der Waals surface area contributed by atoms with Crippen molar-refractivity contribution in [1.29, 1.82) is 0 Å². The Hall–Kier alpha value is -1.80. The van der Waals surface area contributed by atoms with Gasteiger partial charge in [0.15, 0.2) is 5.96 Å². The summed E-state index contributed by atoms with van der Waals surface area (Å²) in [7, 11) is 3.65. The molecule has 1 atom stereocenters. The average molecular weight is 438 g/mol. The van der Waals surface area contributed by atoms with Gasteiger partial charge in [-0.05, 0) is 62.2 Å². The molecule has 1 aromatic rings. The number of likely N-dealkylation sites (N-methyl/N-ethyl adjacent to an activating group) is 1. The summed E-state index contributed by atoms with van der Waals surface area (Å²) in [6, 6.07) is 4.94. The van der Waals surface area contributed by atoms with Crippen LogP contribution in [0.1, 0.15) is 37.3 Å². The third-order valence-corrected chi connectivity index (χ3v) is 5.82. The summed E-state index contributed by atoms with van der Waals surface area (Å²) in [6.07, 6.45) is 4.99. The molecule has 0 spiro atoms. The Morgan fingerprint density at radius 2 is 2.13 bits per heavy atom. The summed E-state index contributed by atoms with van der Waals surface area (Å²) < 4.78 is 13.5. The summed E-state index contributed by atoms with van der Waals surface area (Å²) in [5.74, 6) is 1.54. The molecule has 1 aliphatic heterocycles. The van der Waals surface area contributed by atoms with Gasteiger partial charge in [0, 0.05) is 39.5 Å². The lowest BCUT2D eigenvalue weighted by Gasteiger charge is -2.26. The number of hydrogen-bond acceptors (Lipinski definition) is 4. The van der Waals surface area contributed by atoms with Gasteiger partial charge in [0.05, 0.1) is 12.6 Å². The molecule has 1 fully saturated rings. The summed E-state index contributed by atoms with van der Waals surface area (Å²) in [5, 5.41) is 6.65. The van der Waals surface area contributed by atoms with E-state index in [2.05, 4.69) is 20.5 Å². The van der Waals surface area contributed by atoms with Gasteiger partial charge in [-0.1, -0.05) is 6.07 Å². The molecule has 1 heterocycles. The molecule has 168 valence electrons. The Bertz CT molecular complexity index is 713. The van der Waals surface area contributed by atoms with Gasteiger partial charge in [-0.2, -0.15) is 11.8 Å². The van der Waals surface area contributed by atoms with Crippen LogP contribution in [0.4, 0.5) is 4.39 Å². The van der Waals surface area contributed by atoms with E-state index in [1.807, 2.05) is 33.3 Å². The third-order valence-electron chi connectivity index (χ3n) is 5.22. The zero-order chi connectivity index (χ0) is 21.9. The lowest BCUT2D eigenvalue weighted by atomic mass is 10.1. The van der Waals surface area contributed by atoms with Crippen LogP contribution in [0.15, 0.2) is 23.2 Å². The van der Waals surface area contributed by atoms with Crippen LogP contribution in [-0.2, 0) is 17.1 Å². The number of aliphatic imine (C=N–C) groups is 1. The highest BCUT2D eigenvalue weighted by Crippen LogP contribution is 2.19. The molecule has 0 radical (unpaired) electrons. The second kappa shape index (κ2) is 12.8. The van der Waals surface area contributed by atoms with Crippen LogP contribution in [0.25, 0.3) is 0 Å². The van der Waals surface area contributed by atoms with Crippen LogP contribution >= 0.6 is 11.8 Å². The van der Waals surface area contributed by atoms with E-state index in [1.54, 1.807) is 22.7 Å². The van der Waals surface area contributed by atoms with Crippen molar-refractivity contribution in [3.8, 4) is 0 Å². The Labute approximate surface area is 184 Å². The number of halogens is 1. The van der Waals surface area contributed by atoms with Crippen molar-refractivity contribution in [2.75, 3.05) is 46.5 Å². The number of nitrogens with one attached hydrogen (secondary N) is 2. The molecule has 0 aliphatic carbocycles. The van der Waals surface area contributed by atoms with Crippen molar-refractivity contribution in [1.82, 2.24) is 20.4 Å². The molecule has 1 aliphatic rings. The topological polar surface area (TPSA) is 60.0 Å². The standard InChI is InChI=1S/C22H36FN5OS/c1-5-24-22(26-15-17-9-10-19(23)14-18(17)16-30-4)25-11-7-13-28-12-6-8-20(28)21(29)27(2)3/h9-10,14,20H,5-8,11-13,15-16H2,1-4H3,(H2,24,25,26). The van der Waals surface area contributed by atoms with Gasteiger partial charge < -0.3 is 15.5 Å². The van der Waals surface area contributed by atoms with Crippen molar-refractivity contribution in [3.05, 3.63) is 35.1 Å². The Balaban J connectivity index is 1.86. The number of carbonyl (C=O) groups excluding carboxylic acids is 1. The number of amides is 1. The molecule has 0 saturated carbocycles. The minimum Gasteiger partial charge on any atom is -0.357 e. The van der Waals surface area contributed by atoms with Crippen molar-refractivity contribution >= 4 is 23.6 Å². The van der Waals surface area contributed by atoms with E-state index in [-0.39, 0.29) is 17.8 Å². The minimum absolute atomic E-state index is 0.0234. The largest absolute Gasteiger partial charge is 0.357 e. The number of nitrogens with zero attached hydrogens (tertiary/aromatic N) is 3. The molecule has 2 rings (SSSR count). The number of guanidine groups is 1. The summed E-state index contributed by atoms with van der Waals surface area (Å²) in [4.78, 5) is 21.0. The normalized spacial score (nSPS) is 17.2. The van der Waals surface area contributed by atoms with Gasteiger partial charge in [0.25, 0.3) is 0 Å². The van der Waals surface area contributed by atoms with Crippen molar-refractivity contribution in [3.63, 3.8) is 0 Å². The van der Waals surface area contributed by atoms with Crippen molar-refractivity contribution < 1.29 is 9.18 Å². The fourth-order valence-corrected chi connectivity index (χ4v) is 4.28. The molecular weight excluding hydrogens is 401 g/mol. The lowest BCUT2D eigenvalue weighted by molar-refractivity contribution is -0.133. The number of rotatable bonds is 10. The van der Waals surface area contributed by atoms with Crippen molar-refractivity contribution in [2.24, 2.45) is 4.99 Å². The number of hydrogen-bond donors (Lipinski definition) is 2. The van der Waals surface area contributed by atoms with Gasteiger partial charge in [-0.15, -0.1) is 0 Å². The average Bonchev–Trinajstić information content (AvgIpc) is 3.18. The van der Waals surface area contributed by atoms with Gasteiger partial charge in [0.1, 0.15) is 5.82 Å². The van der Waals surface area contributed by atoms with E-state index in [0.717, 1.165) is 68.3 Å². The first kappa shape index (κ1) is 24.5. The second-order valence-electron chi connectivity index (χ2n) is 7.75. The van der Waals surface area contributed by atoms with Crippen LogP contribution < -0.4 is 10.6 Å². The van der Waals surface area contributed by atoms with Crippen molar-refractivity contribution in [2.45, 2.75) is 44.5 Å². The zero-order valence-corrected chi connectivity index (χ0v) is 19.5. The number of likely N-dealkylation sites (tertiary alicyclic amines) is 1. The maximum absolute atomic E-state index is 13.5. The van der Waals surface area contributed by atoms with Gasteiger partial charge in [-0.25, -0.2) is 9.38 Å². The fourth-order valence-electron chi connectivity index (χ4n) is 3.71. The highest BCUT2D eigenvalue weighted by molar-refractivity contribution is 7.97. The molecule has 6 nitrogen and oxygen atoms in total. The molecule has 0 aromatic heterocycles. The first-order chi connectivity index (χ1) is 14.5. The zero-order valence-electron chi connectivity index (χ0n) is 18.7. The third kappa shape index (κ3) is 7.47. The molecule has 2 N–H and O–H groups in total. The Morgan fingerprint density at radius 1 is 1.33 bits per heavy atom. The number of carbonyl (C=O) groups is 1. The second-order valence-corrected chi connectivity index (χ2v) is 8.61. The molecular formula is C22H36FN5OS. The monoisotopic (exact) mass is 437 g/mol. The van der Waals surface area contributed by atoms with Gasteiger partial charge in [-0.3, -0.25) is 9.69 Å². The predicted molar refractivity (Wildman–Crippen MR) is 124 cm³/mol. The molecule has 1 amide bonds. The predicted octanol–water partition coefficient (Wildman–Crippen LogP) is 2.69. The first-order valence-corrected chi connectivity index (χ1v) is 12.1. The van der Waals surface area contributed by atoms with E-state index in [0.29, 0.717) is 6.54 Å². The summed E-state index contributed by atoms with van der Waals surface area (Å²) in [6.45, 7) is 5.99. The summed E-state index contributed by atoms with van der Waals surface area (Å²) >= 11 is 1.68. The molecule has 1 unspecified atom stereocenters. The van der Waals surface area contributed by atoms with E-state index in [4.69, 9.17) is 0 Å². The fraction of sp³-hybridized carbons (Fsp3) is 0.636. The van der Waals surface area contributed by atoms with E-state index < -0.39 is 0 Å². The summed E-state index contributed by atoms with van der Waals surface area (Å²) in [5.41, 5.74) is 2.04. The van der Waals surface area contributed by atoms with Crippen LogP contribution in [0.3, 0.4) is 0 Å². The van der Waals surface area contributed by atoms with E-state index >= 15 is 0 Å². The smallest absolute Gasteiger partial charge is 0.239 e. The molecule has 0 bridgehead atoms. The quantitative estimate of drug-likeness (QED) is 0.335. The first-order valence-electron chi connectivity index (χ1n) is 10.7. The van der Waals surface area contributed by atoms with Crippen LogP contribution in [-0.4, -0.2) is 74.2 Å². The number of thioether (sulfide) groups is 1. The SMILES string of the molecule is CCNC(=NCc1ccc(F)cc1CSC)NCCCN1CCCC1C(=O)N(C)C. The molecule has 1 aromatic carbocycles. The van der Waals surface area contributed by atoms with Crippen LogP contribution in [0.5, 0.6) is 0 Å². The minimum atomic E-state index is -0.204. The highest BCUT2D eigenvalue weighted by atomic mass is 32.2. The van der Waals surface area contributed by atoms with E-state index in [9.17, 15) is 9.18 Å². The van der Waals surface area contributed by atoms with Crippen LogP contribution in [0, 0.1) is 5.82 Å². The number of benzene rings is 1. The Morgan fingerprint density at radius 3 is 2.83 bits per heavy atom. The highest BCUT2D eigenvalue weighted by Gasteiger charge is 2.30. The molecule has 8 heteroatoms. The Kier molecular flexibility index (Phi) is 10.4. The van der Waals surface area contributed by atoms with Gasteiger partial charge >= 0.3 is 0 Å². The van der Waals surface area contributed by atoms with Crippen LogP contribution in [0.2, 0.25) is 0 Å². The molecule has 1 saturated heterocycles.